The lowest BCUT2D eigenvalue weighted by molar-refractivity contribution is -0.130. The van der Waals surface area contributed by atoms with Gasteiger partial charge in [0, 0.05) is 13.1 Å². The molecule has 5 heteroatoms. The molecular weight excluding hydrogens is 256 g/mol. The molecule has 2 aliphatic heterocycles. The molecule has 2 fully saturated rings. The summed E-state index contributed by atoms with van der Waals surface area (Å²) in [6, 6.07) is 0. The standard InChI is InChI=1S/C12H22N2OS.ClH/c1-16-10-11(15)14-8-4-12(5-9-14)2-6-13-7-3-12;/h13H,2-10H2,1H3;1H. The van der Waals surface area contributed by atoms with Gasteiger partial charge in [-0.25, -0.2) is 0 Å². The van der Waals surface area contributed by atoms with Gasteiger partial charge in [0.05, 0.1) is 5.75 Å². The van der Waals surface area contributed by atoms with Crippen molar-refractivity contribution in [2.24, 2.45) is 5.41 Å². The van der Waals surface area contributed by atoms with Crippen molar-refractivity contribution in [3.8, 4) is 0 Å². The van der Waals surface area contributed by atoms with E-state index in [-0.39, 0.29) is 12.4 Å². The van der Waals surface area contributed by atoms with Gasteiger partial charge in [0.1, 0.15) is 0 Å². The Balaban J connectivity index is 0.00000144. The van der Waals surface area contributed by atoms with E-state index in [1.165, 1.54) is 38.8 Å². The first-order valence-corrected chi connectivity index (χ1v) is 7.63. The lowest BCUT2D eigenvalue weighted by Gasteiger charge is -2.44. The van der Waals surface area contributed by atoms with E-state index in [0.29, 0.717) is 17.1 Å². The molecule has 0 aromatic heterocycles. The maximum atomic E-state index is 11.8. The Kier molecular flexibility index (Phi) is 6.10. The highest BCUT2D eigenvalue weighted by molar-refractivity contribution is 7.99. The van der Waals surface area contributed by atoms with Gasteiger partial charge >= 0.3 is 0 Å². The summed E-state index contributed by atoms with van der Waals surface area (Å²) in [5, 5.41) is 3.43. The van der Waals surface area contributed by atoms with Crippen molar-refractivity contribution in [1.82, 2.24) is 10.2 Å². The summed E-state index contributed by atoms with van der Waals surface area (Å²) in [4.78, 5) is 13.8. The van der Waals surface area contributed by atoms with Crippen LogP contribution in [0.5, 0.6) is 0 Å². The van der Waals surface area contributed by atoms with Crippen LogP contribution in [-0.2, 0) is 4.79 Å². The molecule has 0 aromatic rings. The summed E-state index contributed by atoms with van der Waals surface area (Å²) in [6.07, 6.45) is 7.04. The van der Waals surface area contributed by atoms with Crippen molar-refractivity contribution in [3.05, 3.63) is 0 Å². The van der Waals surface area contributed by atoms with E-state index < -0.39 is 0 Å². The quantitative estimate of drug-likeness (QED) is 0.836. The predicted molar refractivity (Wildman–Crippen MR) is 76.0 cm³/mol. The van der Waals surface area contributed by atoms with Crippen LogP contribution < -0.4 is 5.32 Å². The molecule has 2 rings (SSSR count). The van der Waals surface area contributed by atoms with E-state index in [0.717, 1.165) is 13.1 Å². The van der Waals surface area contributed by atoms with Gasteiger partial charge in [-0.3, -0.25) is 4.79 Å². The van der Waals surface area contributed by atoms with Crippen molar-refractivity contribution in [2.75, 3.05) is 38.2 Å². The molecule has 0 atom stereocenters. The number of thioether (sulfide) groups is 1. The number of piperidine rings is 2. The number of hydrogen-bond donors (Lipinski definition) is 1. The van der Waals surface area contributed by atoms with Crippen molar-refractivity contribution >= 4 is 30.1 Å². The lowest BCUT2D eigenvalue weighted by atomic mass is 9.71. The number of nitrogens with zero attached hydrogens (tertiary/aromatic N) is 1. The molecule has 0 aliphatic carbocycles. The van der Waals surface area contributed by atoms with Crippen LogP contribution in [0.4, 0.5) is 0 Å². The normalized spacial score (nSPS) is 23.2. The largest absolute Gasteiger partial charge is 0.342 e. The smallest absolute Gasteiger partial charge is 0.232 e. The molecule has 1 amide bonds. The highest BCUT2D eigenvalue weighted by Crippen LogP contribution is 2.39. The Morgan fingerprint density at radius 3 is 2.35 bits per heavy atom. The average Bonchev–Trinajstić information content (AvgIpc) is 2.31. The van der Waals surface area contributed by atoms with Crippen molar-refractivity contribution in [3.63, 3.8) is 0 Å². The number of halogens is 1. The van der Waals surface area contributed by atoms with E-state index in [2.05, 4.69) is 10.2 Å². The van der Waals surface area contributed by atoms with Gasteiger partial charge in [0.15, 0.2) is 0 Å². The van der Waals surface area contributed by atoms with Gasteiger partial charge in [-0.15, -0.1) is 12.4 Å². The molecule has 0 unspecified atom stereocenters. The van der Waals surface area contributed by atoms with Crippen LogP contribution in [0.25, 0.3) is 0 Å². The Morgan fingerprint density at radius 1 is 1.24 bits per heavy atom. The fraction of sp³-hybridized carbons (Fsp3) is 0.917. The molecule has 100 valence electrons. The summed E-state index contributed by atoms with van der Waals surface area (Å²) in [5.41, 5.74) is 0.557. The van der Waals surface area contributed by atoms with E-state index in [1.807, 2.05) is 6.26 Å². The van der Waals surface area contributed by atoms with Gasteiger partial charge in [0.2, 0.25) is 5.91 Å². The highest BCUT2D eigenvalue weighted by atomic mass is 35.5. The van der Waals surface area contributed by atoms with E-state index in [9.17, 15) is 4.79 Å². The maximum absolute atomic E-state index is 11.8. The van der Waals surface area contributed by atoms with E-state index in [4.69, 9.17) is 0 Å². The Hall–Kier alpha value is 0.0700. The summed E-state index contributed by atoms with van der Waals surface area (Å²) >= 11 is 1.63. The summed E-state index contributed by atoms with van der Waals surface area (Å²) < 4.78 is 0. The van der Waals surface area contributed by atoms with Crippen LogP contribution in [0.2, 0.25) is 0 Å². The van der Waals surface area contributed by atoms with Crippen molar-refractivity contribution in [1.29, 1.82) is 0 Å². The lowest BCUT2D eigenvalue weighted by Crippen LogP contribution is -2.47. The van der Waals surface area contributed by atoms with Gasteiger partial charge in [-0.05, 0) is 50.4 Å². The second-order valence-corrected chi connectivity index (χ2v) is 5.93. The van der Waals surface area contributed by atoms with Crippen LogP contribution >= 0.6 is 24.2 Å². The van der Waals surface area contributed by atoms with Gasteiger partial charge in [-0.1, -0.05) is 0 Å². The van der Waals surface area contributed by atoms with Crippen LogP contribution in [0.15, 0.2) is 0 Å². The third kappa shape index (κ3) is 3.76. The van der Waals surface area contributed by atoms with Crippen molar-refractivity contribution < 1.29 is 4.79 Å². The first-order chi connectivity index (χ1) is 7.76. The maximum Gasteiger partial charge on any atom is 0.232 e. The van der Waals surface area contributed by atoms with Crippen LogP contribution in [-0.4, -0.2) is 49.0 Å². The molecule has 2 aliphatic rings. The minimum Gasteiger partial charge on any atom is -0.342 e. The first-order valence-electron chi connectivity index (χ1n) is 6.23. The zero-order valence-corrected chi connectivity index (χ0v) is 12.2. The van der Waals surface area contributed by atoms with E-state index in [1.54, 1.807) is 11.8 Å². The van der Waals surface area contributed by atoms with Crippen molar-refractivity contribution in [2.45, 2.75) is 25.7 Å². The van der Waals surface area contributed by atoms with Crippen LogP contribution in [0, 0.1) is 5.41 Å². The fourth-order valence-electron chi connectivity index (χ4n) is 2.90. The van der Waals surface area contributed by atoms with Gasteiger partial charge < -0.3 is 10.2 Å². The van der Waals surface area contributed by atoms with Gasteiger partial charge in [-0.2, -0.15) is 11.8 Å². The highest BCUT2D eigenvalue weighted by Gasteiger charge is 2.36. The average molecular weight is 279 g/mol. The molecule has 1 N–H and O–H groups in total. The SMILES string of the molecule is CSCC(=O)N1CCC2(CCNCC2)CC1.Cl. The number of nitrogens with one attached hydrogen (secondary N) is 1. The topological polar surface area (TPSA) is 32.3 Å². The van der Waals surface area contributed by atoms with Crippen LogP contribution in [0.1, 0.15) is 25.7 Å². The van der Waals surface area contributed by atoms with E-state index >= 15 is 0 Å². The molecule has 0 radical (unpaired) electrons. The second kappa shape index (κ2) is 6.86. The molecule has 3 nitrogen and oxygen atoms in total. The summed E-state index contributed by atoms with van der Waals surface area (Å²) in [5.74, 6) is 0.977. The number of carbonyl (C=O) groups excluding carboxylic acids is 1. The number of likely N-dealkylation sites (tertiary alicyclic amines) is 1. The first kappa shape index (κ1) is 15.1. The molecule has 2 heterocycles. The third-order valence-corrected chi connectivity index (χ3v) is 4.64. The Bertz CT molecular complexity index is 247. The number of hydrogen-bond acceptors (Lipinski definition) is 3. The third-order valence-electron chi connectivity index (χ3n) is 4.11. The molecular formula is C12H23ClN2OS. The van der Waals surface area contributed by atoms with Crippen LogP contribution in [0.3, 0.4) is 0 Å². The molecule has 0 bridgehead atoms. The van der Waals surface area contributed by atoms with Gasteiger partial charge in [0.25, 0.3) is 0 Å². The monoisotopic (exact) mass is 278 g/mol. The minimum absolute atomic E-state index is 0. The molecule has 0 saturated carbocycles. The zero-order chi connectivity index (χ0) is 11.4. The Morgan fingerprint density at radius 2 is 1.82 bits per heavy atom. The second-order valence-electron chi connectivity index (χ2n) is 5.06. The summed E-state index contributed by atoms with van der Waals surface area (Å²) in [7, 11) is 0. The fourth-order valence-corrected chi connectivity index (χ4v) is 3.33. The molecule has 0 aromatic carbocycles. The minimum atomic E-state index is 0. The number of amides is 1. The molecule has 17 heavy (non-hydrogen) atoms. The number of carbonyl (C=O) groups is 1. The number of rotatable bonds is 2. The molecule has 1 spiro atoms. The molecule has 2 saturated heterocycles. The summed E-state index contributed by atoms with van der Waals surface area (Å²) in [6.45, 7) is 4.30. The Labute approximate surface area is 114 Å². The zero-order valence-electron chi connectivity index (χ0n) is 10.5. The predicted octanol–water partition coefficient (Wildman–Crippen LogP) is 1.76.